The van der Waals surface area contributed by atoms with Gasteiger partial charge in [0.2, 0.25) is 0 Å². The Hall–Kier alpha value is -1.42. The monoisotopic (exact) mass is 337 g/mol. The molecule has 0 spiro atoms. The highest BCUT2D eigenvalue weighted by atomic mass is 28.4. The van der Waals surface area contributed by atoms with Gasteiger partial charge in [-0.25, -0.2) is 4.79 Å². The summed E-state index contributed by atoms with van der Waals surface area (Å²) in [5.74, 6) is -0.426. The number of carbonyl (C=O) groups is 1. The first kappa shape index (κ1) is 19.6. The summed E-state index contributed by atoms with van der Waals surface area (Å²) >= 11 is 0. The Kier molecular flexibility index (Phi) is 6.75. The average molecular weight is 337 g/mol. The highest BCUT2D eigenvalue weighted by molar-refractivity contribution is 6.74. The molecule has 3 atom stereocenters. The van der Waals surface area contributed by atoms with Crippen molar-refractivity contribution in [2.45, 2.75) is 64.1 Å². The van der Waals surface area contributed by atoms with Gasteiger partial charge in [-0.2, -0.15) is 5.26 Å². The van der Waals surface area contributed by atoms with Crippen LogP contribution in [0.25, 0.3) is 0 Å². The van der Waals surface area contributed by atoms with Gasteiger partial charge in [-0.15, -0.1) is 0 Å². The molecular formula is C17H27NO4Si. The summed E-state index contributed by atoms with van der Waals surface area (Å²) in [6, 6.07) is 2.06. The number of hydrogen-bond donors (Lipinski definition) is 0. The minimum atomic E-state index is -2.00. The van der Waals surface area contributed by atoms with Crippen LogP contribution < -0.4 is 0 Å². The third-order valence-electron chi connectivity index (χ3n) is 4.18. The van der Waals surface area contributed by atoms with Crippen molar-refractivity contribution in [3.05, 3.63) is 24.3 Å². The Bertz CT molecular complexity index is 514. The molecule has 1 aliphatic rings. The molecule has 0 fully saturated rings. The minimum absolute atomic E-state index is 0.0579. The van der Waals surface area contributed by atoms with E-state index >= 15 is 0 Å². The van der Waals surface area contributed by atoms with Gasteiger partial charge < -0.3 is 13.9 Å². The first-order valence-electron chi connectivity index (χ1n) is 7.87. The zero-order chi connectivity index (χ0) is 17.7. The second-order valence-electron chi connectivity index (χ2n) is 6.99. The van der Waals surface area contributed by atoms with Gasteiger partial charge in [-0.1, -0.05) is 26.8 Å². The second kappa shape index (κ2) is 7.91. The van der Waals surface area contributed by atoms with Crippen molar-refractivity contribution in [3.63, 3.8) is 0 Å². The fraction of sp³-hybridized carbons (Fsp3) is 0.647. The lowest BCUT2D eigenvalue weighted by Gasteiger charge is -2.41. The van der Waals surface area contributed by atoms with Crippen LogP contribution in [0.4, 0.5) is 0 Å². The van der Waals surface area contributed by atoms with Crippen LogP contribution in [0.15, 0.2) is 24.3 Å². The predicted octanol–water partition coefficient (Wildman–Crippen LogP) is 3.34. The predicted molar refractivity (Wildman–Crippen MR) is 91.3 cm³/mol. The number of hydrogen-bond acceptors (Lipinski definition) is 5. The average Bonchev–Trinajstić information content (AvgIpc) is 2.45. The lowest BCUT2D eigenvalue weighted by molar-refractivity contribution is -0.137. The molecule has 0 saturated carbocycles. The number of carbonyl (C=O) groups excluding carboxylic acids is 1. The van der Waals surface area contributed by atoms with Gasteiger partial charge in [-0.05, 0) is 37.2 Å². The van der Waals surface area contributed by atoms with Crippen LogP contribution in [0, 0.1) is 11.3 Å². The standard InChI is InChI=1S/C17H27NO4Si/c1-7-20-16(19)11-10-14-15(9-8-13(12-18)21-14)22-23(5,6)17(2,3)4/h8-11,13-15H,7H2,1-6H3/b11-10-/t13-,14+,15+/m0/s1. The lowest BCUT2D eigenvalue weighted by Crippen LogP contribution is -2.48. The van der Waals surface area contributed by atoms with Crippen molar-refractivity contribution in [2.75, 3.05) is 6.61 Å². The Morgan fingerprint density at radius 2 is 2.04 bits per heavy atom. The number of nitrogens with zero attached hydrogens (tertiary/aromatic N) is 1. The molecule has 0 amide bonds. The zero-order valence-corrected chi connectivity index (χ0v) is 15.8. The summed E-state index contributed by atoms with van der Waals surface area (Å²) in [4.78, 5) is 11.5. The topological polar surface area (TPSA) is 68.5 Å². The van der Waals surface area contributed by atoms with Crippen molar-refractivity contribution in [3.8, 4) is 6.07 Å². The van der Waals surface area contributed by atoms with Gasteiger partial charge >= 0.3 is 5.97 Å². The molecule has 0 radical (unpaired) electrons. The number of nitriles is 1. The molecule has 0 bridgehead atoms. The van der Waals surface area contributed by atoms with Gasteiger partial charge in [0.25, 0.3) is 0 Å². The van der Waals surface area contributed by atoms with Gasteiger partial charge in [0.05, 0.1) is 18.8 Å². The van der Waals surface area contributed by atoms with E-state index < -0.39 is 26.5 Å². The molecule has 6 heteroatoms. The molecule has 0 N–H and O–H groups in total. The molecule has 0 aromatic rings. The molecule has 1 rings (SSSR count). The van der Waals surface area contributed by atoms with Crippen LogP contribution in [0.1, 0.15) is 27.7 Å². The van der Waals surface area contributed by atoms with E-state index in [1.54, 1.807) is 19.1 Å². The van der Waals surface area contributed by atoms with Crippen LogP contribution in [0.2, 0.25) is 18.1 Å². The van der Waals surface area contributed by atoms with E-state index in [9.17, 15) is 4.79 Å². The van der Waals surface area contributed by atoms with Gasteiger partial charge in [0.1, 0.15) is 6.10 Å². The van der Waals surface area contributed by atoms with E-state index in [1.165, 1.54) is 6.08 Å². The SMILES string of the molecule is CCOC(=O)/C=C\[C@H]1O[C@H](C#N)C=C[C@H]1O[Si](C)(C)C(C)(C)C. The van der Waals surface area contributed by atoms with Crippen molar-refractivity contribution in [1.82, 2.24) is 0 Å². The molecule has 1 aliphatic heterocycles. The second-order valence-corrected chi connectivity index (χ2v) is 11.7. The maximum atomic E-state index is 11.5. The van der Waals surface area contributed by atoms with Crippen LogP contribution in [-0.2, 0) is 18.7 Å². The Morgan fingerprint density at radius 3 is 2.57 bits per heavy atom. The fourth-order valence-corrected chi connectivity index (χ4v) is 3.07. The highest BCUT2D eigenvalue weighted by Gasteiger charge is 2.41. The van der Waals surface area contributed by atoms with Crippen LogP contribution in [-0.4, -0.2) is 39.2 Å². The van der Waals surface area contributed by atoms with E-state index in [0.29, 0.717) is 6.61 Å². The van der Waals surface area contributed by atoms with E-state index in [0.717, 1.165) is 0 Å². The molecule has 0 aliphatic carbocycles. The third-order valence-corrected chi connectivity index (χ3v) is 8.65. The molecule has 0 saturated heterocycles. The molecule has 0 aromatic heterocycles. The van der Waals surface area contributed by atoms with E-state index in [-0.39, 0.29) is 11.1 Å². The van der Waals surface area contributed by atoms with Crippen LogP contribution in [0.3, 0.4) is 0 Å². The summed E-state index contributed by atoms with van der Waals surface area (Å²) in [6.45, 7) is 12.9. The minimum Gasteiger partial charge on any atom is -0.463 e. The van der Waals surface area contributed by atoms with Gasteiger partial charge in [-0.3, -0.25) is 0 Å². The van der Waals surface area contributed by atoms with Crippen LogP contribution in [0.5, 0.6) is 0 Å². The van der Waals surface area contributed by atoms with Gasteiger partial charge in [0.15, 0.2) is 14.4 Å². The van der Waals surface area contributed by atoms with Crippen LogP contribution >= 0.6 is 0 Å². The summed E-state index contributed by atoms with van der Waals surface area (Å²) in [7, 11) is -2.00. The summed E-state index contributed by atoms with van der Waals surface area (Å²) in [5.41, 5.74) is 0. The summed E-state index contributed by atoms with van der Waals surface area (Å²) < 4.78 is 16.9. The zero-order valence-electron chi connectivity index (χ0n) is 14.8. The fourth-order valence-electron chi connectivity index (χ4n) is 1.83. The quantitative estimate of drug-likeness (QED) is 0.333. The largest absolute Gasteiger partial charge is 0.463 e. The van der Waals surface area contributed by atoms with E-state index in [2.05, 4.69) is 39.9 Å². The van der Waals surface area contributed by atoms with Crippen molar-refractivity contribution >= 4 is 14.3 Å². The molecule has 5 nitrogen and oxygen atoms in total. The molecular weight excluding hydrogens is 310 g/mol. The molecule has 128 valence electrons. The first-order chi connectivity index (χ1) is 10.6. The normalized spacial score (nSPS) is 25.3. The molecule has 0 aromatic carbocycles. The van der Waals surface area contributed by atoms with Crippen molar-refractivity contribution < 1.29 is 18.7 Å². The maximum Gasteiger partial charge on any atom is 0.330 e. The molecule has 1 heterocycles. The Balaban J connectivity index is 2.93. The number of ether oxygens (including phenoxy) is 2. The van der Waals surface area contributed by atoms with Crippen molar-refractivity contribution in [2.24, 2.45) is 0 Å². The highest BCUT2D eigenvalue weighted by Crippen LogP contribution is 2.38. The Labute approximate surface area is 140 Å². The lowest BCUT2D eigenvalue weighted by atomic mass is 10.1. The number of rotatable bonds is 5. The Morgan fingerprint density at radius 1 is 1.39 bits per heavy atom. The summed E-state index contributed by atoms with van der Waals surface area (Å²) in [5, 5.41) is 9.10. The van der Waals surface area contributed by atoms with Gasteiger partial charge in [0, 0.05) is 6.08 Å². The summed E-state index contributed by atoms with van der Waals surface area (Å²) in [6.07, 6.45) is 5.08. The maximum absolute atomic E-state index is 11.5. The smallest absolute Gasteiger partial charge is 0.330 e. The third kappa shape index (κ3) is 5.61. The van der Waals surface area contributed by atoms with E-state index in [4.69, 9.17) is 19.2 Å². The molecule has 0 unspecified atom stereocenters. The number of esters is 1. The molecule has 23 heavy (non-hydrogen) atoms. The van der Waals surface area contributed by atoms with Crippen molar-refractivity contribution in [1.29, 1.82) is 5.26 Å². The van der Waals surface area contributed by atoms with E-state index in [1.807, 2.05) is 6.08 Å². The first-order valence-corrected chi connectivity index (χ1v) is 10.8.